The number of anilines is 1. The largest absolute Gasteiger partial charge is 0.343 e. The minimum Gasteiger partial charge on any atom is -0.343 e. The molecule has 2 rings (SSSR count). The third-order valence-corrected chi connectivity index (χ3v) is 3.75. The Balaban J connectivity index is 2.29. The number of para-hydroxylation sites is 1. The van der Waals surface area contributed by atoms with Crippen molar-refractivity contribution in [1.82, 2.24) is 10.3 Å². The van der Waals surface area contributed by atoms with Crippen LogP contribution in [0.15, 0.2) is 29.8 Å². The number of nitrogens with one attached hydrogen (secondary N) is 2. The Morgan fingerprint density at radius 2 is 2.29 bits per heavy atom. The van der Waals surface area contributed by atoms with Crippen LogP contribution in [0.2, 0.25) is 0 Å². The highest BCUT2D eigenvalue weighted by Crippen LogP contribution is 2.28. The molecule has 0 fully saturated rings. The lowest BCUT2D eigenvalue weighted by Crippen LogP contribution is -2.27. The van der Waals surface area contributed by atoms with Crippen molar-refractivity contribution in [3.05, 3.63) is 50.5 Å². The average molecular weight is 307 g/mol. The number of amides is 1. The van der Waals surface area contributed by atoms with Gasteiger partial charge in [0.1, 0.15) is 16.3 Å². The molecule has 1 aromatic carbocycles. The third kappa shape index (κ3) is 3.15. The number of carbonyl (C=O) groups excluding carboxylic acids is 1. The molecule has 0 aliphatic heterocycles. The van der Waals surface area contributed by atoms with Crippen LogP contribution in [0.25, 0.3) is 0 Å². The highest BCUT2D eigenvalue weighted by molar-refractivity contribution is 7.09. The highest BCUT2D eigenvalue weighted by Gasteiger charge is 2.25. The molecule has 1 atom stereocenters. The van der Waals surface area contributed by atoms with Crippen molar-refractivity contribution in [1.29, 1.82) is 0 Å². The van der Waals surface area contributed by atoms with Crippen LogP contribution >= 0.6 is 11.3 Å². The van der Waals surface area contributed by atoms with Gasteiger partial charge in [-0.15, -0.1) is 11.3 Å². The zero-order chi connectivity index (χ0) is 15.4. The molecule has 1 unspecified atom stereocenters. The molecule has 1 aromatic heterocycles. The zero-order valence-corrected chi connectivity index (χ0v) is 11.9. The lowest BCUT2D eigenvalue weighted by molar-refractivity contribution is -0.384. The van der Waals surface area contributed by atoms with Crippen LogP contribution < -0.4 is 16.6 Å². The summed E-state index contributed by atoms with van der Waals surface area (Å²) in [6.07, 6.45) is 1.63. The fraction of sp³-hybridized carbons (Fsp3) is 0.167. The summed E-state index contributed by atoms with van der Waals surface area (Å²) in [6, 6.07) is 3.99. The van der Waals surface area contributed by atoms with E-state index in [0.29, 0.717) is 0 Å². The van der Waals surface area contributed by atoms with E-state index in [1.165, 1.54) is 29.5 Å². The highest BCUT2D eigenvalue weighted by atomic mass is 32.1. The van der Waals surface area contributed by atoms with Gasteiger partial charge in [0.15, 0.2) is 0 Å². The first kappa shape index (κ1) is 14.9. The van der Waals surface area contributed by atoms with E-state index in [9.17, 15) is 14.9 Å². The van der Waals surface area contributed by atoms with E-state index in [0.717, 1.165) is 5.01 Å². The maximum absolute atomic E-state index is 12.2. The summed E-state index contributed by atoms with van der Waals surface area (Å²) in [5.41, 5.74) is 1.89. The number of hydrazine groups is 1. The molecule has 8 nitrogen and oxygen atoms in total. The van der Waals surface area contributed by atoms with Crippen LogP contribution in [0.3, 0.4) is 0 Å². The molecule has 0 saturated heterocycles. The van der Waals surface area contributed by atoms with Crippen molar-refractivity contribution in [2.45, 2.75) is 13.0 Å². The van der Waals surface area contributed by atoms with Gasteiger partial charge in [0.2, 0.25) is 0 Å². The first-order valence-electron chi connectivity index (χ1n) is 5.99. The van der Waals surface area contributed by atoms with Crippen LogP contribution in [0.5, 0.6) is 0 Å². The number of hydrogen-bond donors (Lipinski definition) is 3. The van der Waals surface area contributed by atoms with Gasteiger partial charge in [0, 0.05) is 11.6 Å². The number of rotatable bonds is 5. The van der Waals surface area contributed by atoms with Gasteiger partial charge < -0.3 is 10.7 Å². The molecule has 0 aliphatic rings. The van der Waals surface area contributed by atoms with Crippen molar-refractivity contribution < 1.29 is 9.72 Å². The fourth-order valence-corrected chi connectivity index (χ4v) is 2.47. The number of nitrogens with zero attached hydrogens (tertiary/aromatic N) is 2. The van der Waals surface area contributed by atoms with Gasteiger partial charge in [-0.05, 0) is 19.1 Å². The van der Waals surface area contributed by atoms with Gasteiger partial charge in [0.05, 0.1) is 11.0 Å². The number of hydrogen-bond acceptors (Lipinski definition) is 7. The van der Waals surface area contributed by atoms with E-state index >= 15 is 0 Å². The molecule has 9 heteroatoms. The molecule has 110 valence electrons. The minimum absolute atomic E-state index is 0.0566. The van der Waals surface area contributed by atoms with Gasteiger partial charge in [-0.25, -0.2) is 4.98 Å². The zero-order valence-electron chi connectivity index (χ0n) is 11.1. The summed E-state index contributed by atoms with van der Waals surface area (Å²) in [5, 5.41) is 16.3. The van der Waals surface area contributed by atoms with Crippen LogP contribution in [-0.2, 0) is 0 Å². The average Bonchev–Trinajstić information content (AvgIpc) is 3.00. The Kier molecular flexibility index (Phi) is 4.45. The van der Waals surface area contributed by atoms with Crippen molar-refractivity contribution in [3.8, 4) is 0 Å². The van der Waals surface area contributed by atoms with Gasteiger partial charge >= 0.3 is 5.69 Å². The number of carbonyl (C=O) groups is 1. The molecule has 4 N–H and O–H groups in total. The summed E-state index contributed by atoms with van der Waals surface area (Å²) in [4.78, 5) is 26.8. The number of benzene rings is 1. The molecular formula is C12H13N5O3S. The quantitative estimate of drug-likeness (QED) is 0.440. The molecule has 0 bridgehead atoms. The second kappa shape index (κ2) is 6.29. The van der Waals surface area contributed by atoms with Crippen LogP contribution in [-0.4, -0.2) is 15.8 Å². The lowest BCUT2D eigenvalue weighted by atomic mass is 10.1. The molecule has 2 aromatic rings. The summed E-state index contributed by atoms with van der Waals surface area (Å²) in [6.45, 7) is 1.76. The summed E-state index contributed by atoms with van der Waals surface area (Å²) >= 11 is 1.39. The third-order valence-electron chi connectivity index (χ3n) is 2.79. The Morgan fingerprint density at radius 1 is 1.52 bits per heavy atom. The molecular weight excluding hydrogens is 294 g/mol. The van der Waals surface area contributed by atoms with Gasteiger partial charge in [0.25, 0.3) is 5.91 Å². The smallest absolute Gasteiger partial charge is 0.306 e. The van der Waals surface area contributed by atoms with E-state index in [1.807, 2.05) is 0 Å². The number of thiazole rings is 1. The molecule has 21 heavy (non-hydrogen) atoms. The van der Waals surface area contributed by atoms with E-state index in [-0.39, 0.29) is 23.0 Å². The first-order chi connectivity index (χ1) is 10.0. The standard InChI is InChI=1S/C12H13N5O3S/c1-7(12-14-5-6-21-12)15-11(18)8-3-2-4-9(16-13)10(8)17(19)20/h2-7,16H,13H2,1H3,(H,15,18). The Bertz CT molecular complexity index is 659. The number of aromatic nitrogens is 1. The monoisotopic (exact) mass is 307 g/mol. The maximum atomic E-state index is 12.2. The van der Waals surface area contributed by atoms with E-state index in [4.69, 9.17) is 5.84 Å². The van der Waals surface area contributed by atoms with Crippen LogP contribution in [0.1, 0.15) is 28.3 Å². The predicted octanol–water partition coefficient (Wildman–Crippen LogP) is 1.83. The summed E-state index contributed by atoms with van der Waals surface area (Å²) in [7, 11) is 0. The Hall–Kier alpha value is -2.52. The van der Waals surface area contributed by atoms with Gasteiger partial charge in [-0.1, -0.05) is 6.07 Å². The first-order valence-corrected chi connectivity index (χ1v) is 6.86. The SMILES string of the molecule is CC(NC(=O)c1cccc(NN)c1[N+](=O)[O-])c1nccs1. The van der Waals surface area contributed by atoms with E-state index < -0.39 is 10.8 Å². The van der Waals surface area contributed by atoms with Crippen LogP contribution in [0.4, 0.5) is 11.4 Å². The van der Waals surface area contributed by atoms with E-state index in [2.05, 4.69) is 15.7 Å². The number of nitrogen functional groups attached to an aromatic ring is 1. The summed E-state index contributed by atoms with van der Waals surface area (Å²) < 4.78 is 0. The second-order valence-corrected chi connectivity index (χ2v) is 5.09. The van der Waals surface area contributed by atoms with Gasteiger partial charge in [-0.2, -0.15) is 0 Å². The Morgan fingerprint density at radius 3 is 2.86 bits per heavy atom. The second-order valence-electron chi connectivity index (χ2n) is 4.17. The summed E-state index contributed by atoms with van der Waals surface area (Å²) in [5.74, 6) is 4.69. The molecule has 1 amide bonds. The van der Waals surface area contributed by atoms with Gasteiger partial charge in [-0.3, -0.25) is 20.8 Å². The van der Waals surface area contributed by atoms with Crippen molar-refractivity contribution in [3.63, 3.8) is 0 Å². The van der Waals surface area contributed by atoms with Crippen LogP contribution in [0, 0.1) is 10.1 Å². The molecule has 0 spiro atoms. The molecule has 0 radical (unpaired) electrons. The van der Waals surface area contributed by atoms with Crippen molar-refractivity contribution >= 4 is 28.6 Å². The fourth-order valence-electron chi connectivity index (χ4n) is 1.82. The minimum atomic E-state index is -0.641. The number of nitro benzene ring substituents is 1. The lowest BCUT2D eigenvalue weighted by Gasteiger charge is -2.12. The molecule has 0 saturated carbocycles. The normalized spacial score (nSPS) is 11.7. The maximum Gasteiger partial charge on any atom is 0.306 e. The molecule has 1 heterocycles. The Labute approximate surface area is 124 Å². The predicted molar refractivity (Wildman–Crippen MR) is 78.9 cm³/mol. The number of nitro groups is 1. The van der Waals surface area contributed by atoms with Crippen molar-refractivity contribution in [2.75, 3.05) is 5.43 Å². The topological polar surface area (TPSA) is 123 Å². The van der Waals surface area contributed by atoms with E-state index in [1.54, 1.807) is 18.5 Å². The number of nitrogens with two attached hydrogens (primary N) is 1. The molecule has 0 aliphatic carbocycles. The van der Waals surface area contributed by atoms with Crippen molar-refractivity contribution in [2.24, 2.45) is 5.84 Å².